The molecule has 1 saturated heterocycles. The van der Waals surface area contributed by atoms with Crippen LogP contribution in [0, 0.1) is 10.1 Å². The van der Waals surface area contributed by atoms with E-state index in [1.807, 2.05) is 0 Å². The van der Waals surface area contributed by atoms with Gasteiger partial charge in [-0.2, -0.15) is 0 Å². The number of carbonyl (C=O) groups is 3. The summed E-state index contributed by atoms with van der Waals surface area (Å²) in [5.41, 5.74) is 0. The zero-order valence-corrected chi connectivity index (χ0v) is 12.8. The van der Waals surface area contributed by atoms with Crippen LogP contribution in [-0.4, -0.2) is 45.7 Å². The highest BCUT2D eigenvalue weighted by Crippen LogP contribution is 2.24. The lowest BCUT2D eigenvalue weighted by Gasteiger charge is -2.12. The van der Waals surface area contributed by atoms with Gasteiger partial charge in [0.1, 0.15) is 0 Å². The first-order chi connectivity index (χ1) is 10.5. The Morgan fingerprint density at radius 3 is 2.82 bits per heavy atom. The maximum absolute atomic E-state index is 11.6. The number of nitrogens with one attached hydrogen (secondary N) is 1. The molecule has 1 aromatic rings. The van der Waals surface area contributed by atoms with Gasteiger partial charge in [0.05, 0.1) is 10.7 Å². The second-order valence-electron chi connectivity index (χ2n) is 4.16. The molecule has 0 radical (unpaired) electrons. The Bertz CT molecular complexity index is 639. The van der Waals surface area contributed by atoms with Gasteiger partial charge < -0.3 is 5.32 Å². The molecule has 1 N–H and O–H groups in total. The van der Waals surface area contributed by atoms with E-state index in [-0.39, 0.29) is 35.0 Å². The molecule has 22 heavy (non-hydrogen) atoms. The molecule has 0 aromatic carbocycles. The summed E-state index contributed by atoms with van der Waals surface area (Å²) < 4.78 is 0. The summed E-state index contributed by atoms with van der Waals surface area (Å²) in [4.78, 5) is 45.9. The van der Waals surface area contributed by atoms with Crippen LogP contribution in [0.15, 0.2) is 18.2 Å². The van der Waals surface area contributed by atoms with E-state index in [2.05, 4.69) is 5.32 Å². The number of hydrogen-bond donors (Lipinski definition) is 1. The predicted molar refractivity (Wildman–Crippen MR) is 82.6 cm³/mol. The number of nitro groups is 1. The van der Waals surface area contributed by atoms with Crippen molar-refractivity contribution >= 4 is 51.2 Å². The van der Waals surface area contributed by atoms with Gasteiger partial charge in [0.15, 0.2) is 0 Å². The van der Waals surface area contributed by atoms with E-state index in [1.165, 1.54) is 18.2 Å². The highest BCUT2D eigenvalue weighted by molar-refractivity contribution is 8.14. The molecular formula is C12H11N3O5S2. The van der Waals surface area contributed by atoms with Gasteiger partial charge in [-0.3, -0.25) is 29.4 Å². The Balaban J connectivity index is 1.77. The fourth-order valence-electron chi connectivity index (χ4n) is 1.63. The van der Waals surface area contributed by atoms with E-state index in [1.54, 1.807) is 6.07 Å². The highest BCUT2D eigenvalue weighted by Gasteiger charge is 2.29. The fourth-order valence-corrected chi connectivity index (χ4v) is 3.11. The van der Waals surface area contributed by atoms with Crippen molar-refractivity contribution in [1.82, 2.24) is 10.2 Å². The van der Waals surface area contributed by atoms with Crippen molar-refractivity contribution in [3.63, 3.8) is 0 Å². The third-order valence-electron chi connectivity index (χ3n) is 2.67. The van der Waals surface area contributed by atoms with E-state index in [4.69, 9.17) is 0 Å². The normalized spacial score (nSPS) is 14.8. The first-order valence-electron chi connectivity index (χ1n) is 6.14. The van der Waals surface area contributed by atoms with Gasteiger partial charge in [-0.15, -0.1) is 0 Å². The fraction of sp³-hybridized carbons (Fsp3) is 0.250. The number of rotatable bonds is 6. The Hall–Kier alpha value is -2.20. The number of thioether (sulfide) groups is 1. The summed E-state index contributed by atoms with van der Waals surface area (Å²) in [6, 6.07) is 2.91. The molecule has 0 aliphatic carbocycles. The van der Waals surface area contributed by atoms with Gasteiger partial charge >= 0.3 is 5.00 Å². The van der Waals surface area contributed by atoms with Crippen molar-refractivity contribution in [2.24, 2.45) is 0 Å². The first kappa shape index (κ1) is 16.2. The van der Waals surface area contributed by atoms with Crippen molar-refractivity contribution in [3.8, 4) is 0 Å². The van der Waals surface area contributed by atoms with Crippen LogP contribution in [0.4, 0.5) is 9.80 Å². The largest absolute Gasteiger partial charge is 0.351 e. The summed E-state index contributed by atoms with van der Waals surface area (Å²) in [5.74, 6) is -0.516. The van der Waals surface area contributed by atoms with E-state index in [0.29, 0.717) is 4.88 Å². The molecule has 8 nitrogen and oxygen atoms in total. The number of carbonyl (C=O) groups excluding carboxylic acids is 3. The first-order valence-corrected chi connectivity index (χ1v) is 7.95. The molecule has 0 bridgehead atoms. The quantitative estimate of drug-likeness (QED) is 0.477. The maximum atomic E-state index is 11.6. The Kier molecular flexibility index (Phi) is 5.28. The van der Waals surface area contributed by atoms with E-state index >= 15 is 0 Å². The molecule has 0 spiro atoms. The lowest BCUT2D eigenvalue weighted by atomic mass is 10.4. The van der Waals surface area contributed by atoms with Gasteiger partial charge in [0.2, 0.25) is 11.8 Å². The second kappa shape index (κ2) is 7.18. The zero-order chi connectivity index (χ0) is 16.1. The van der Waals surface area contributed by atoms with Gasteiger partial charge in [-0.1, -0.05) is 23.1 Å². The molecule has 0 saturated carbocycles. The Morgan fingerprint density at radius 1 is 1.45 bits per heavy atom. The molecule has 1 aliphatic rings. The van der Waals surface area contributed by atoms with E-state index < -0.39 is 10.8 Å². The van der Waals surface area contributed by atoms with Crippen molar-refractivity contribution in [2.75, 3.05) is 18.8 Å². The lowest BCUT2D eigenvalue weighted by Crippen LogP contribution is -2.36. The smallest absolute Gasteiger partial charge is 0.324 e. The predicted octanol–water partition coefficient (Wildman–Crippen LogP) is 1.48. The van der Waals surface area contributed by atoms with Gasteiger partial charge in [0.25, 0.3) is 5.24 Å². The minimum atomic E-state index is -0.496. The SMILES string of the molecule is O=C(/C=C/c1ccc([N+](=O)[O-])s1)NCCN1C(=O)CSC1=O. The summed E-state index contributed by atoms with van der Waals surface area (Å²) in [5, 5.41) is 12.8. The zero-order valence-electron chi connectivity index (χ0n) is 11.2. The molecule has 3 amide bonds. The average Bonchev–Trinajstić information content (AvgIpc) is 3.06. The summed E-state index contributed by atoms with van der Waals surface area (Å²) >= 11 is 1.90. The highest BCUT2D eigenvalue weighted by atomic mass is 32.2. The molecular weight excluding hydrogens is 330 g/mol. The van der Waals surface area contributed by atoms with Gasteiger partial charge in [0, 0.05) is 30.1 Å². The van der Waals surface area contributed by atoms with Gasteiger partial charge in [-0.05, 0) is 12.1 Å². The Morgan fingerprint density at radius 2 is 2.23 bits per heavy atom. The molecule has 0 unspecified atom stereocenters. The number of imide groups is 1. The standard InChI is InChI=1S/C12H11N3O5S2/c16-9(3-1-8-2-4-11(22-8)15(19)20)13-5-6-14-10(17)7-21-12(14)18/h1-4H,5-7H2,(H,13,16)/b3-1+. The molecule has 10 heteroatoms. The second-order valence-corrected chi connectivity index (χ2v) is 6.18. The van der Waals surface area contributed by atoms with Crippen molar-refractivity contribution < 1.29 is 19.3 Å². The number of thiophene rings is 1. The van der Waals surface area contributed by atoms with Crippen molar-refractivity contribution in [3.05, 3.63) is 33.2 Å². The topological polar surface area (TPSA) is 110 Å². The summed E-state index contributed by atoms with van der Waals surface area (Å²) in [6.07, 6.45) is 2.72. The number of hydrogen-bond acceptors (Lipinski definition) is 7. The van der Waals surface area contributed by atoms with Crippen LogP contribution >= 0.6 is 23.1 Å². The van der Waals surface area contributed by atoms with Crippen LogP contribution in [0.2, 0.25) is 0 Å². The monoisotopic (exact) mass is 341 g/mol. The maximum Gasteiger partial charge on any atom is 0.324 e. The summed E-state index contributed by atoms with van der Waals surface area (Å²) in [7, 11) is 0. The molecule has 0 atom stereocenters. The van der Waals surface area contributed by atoms with Crippen LogP contribution < -0.4 is 5.32 Å². The van der Waals surface area contributed by atoms with Crippen LogP contribution in [0.3, 0.4) is 0 Å². The lowest BCUT2D eigenvalue weighted by molar-refractivity contribution is -0.380. The van der Waals surface area contributed by atoms with Crippen molar-refractivity contribution in [2.45, 2.75) is 0 Å². The molecule has 1 aliphatic heterocycles. The van der Waals surface area contributed by atoms with Crippen LogP contribution in [0.1, 0.15) is 4.88 Å². The third-order valence-corrected chi connectivity index (χ3v) is 4.53. The van der Waals surface area contributed by atoms with Crippen molar-refractivity contribution in [1.29, 1.82) is 0 Å². The average molecular weight is 341 g/mol. The van der Waals surface area contributed by atoms with E-state index in [0.717, 1.165) is 28.0 Å². The molecule has 2 heterocycles. The number of nitrogens with zero attached hydrogens (tertiary/aromatic N) is 2. The van der Waals surface area contributed by atoms with Gasteiger partial charge in [-0.25, -0.2) is 0 Å². The molecule has 1 aromatic heterocycles. The minimum Gasteiger partial charge on any atom is -0.351 e. The van der Waals surface area contributed by atoms with Crippen LogP contribution in [0.25, 0.3) is 6.08 Å². The molecule has 2 rings (SSSR count). The Labute approximate surface area is 133 Å². The molecule has 1 fully saturated rings. The van der Waals surface area contributed by atoms with E-state index in [9.17, 15) is 24.5 Å². The summed E-state index contributed by atoms with van der Waals surface area (Å²) in [6.45, 7) is 0.292. The molecule has 116 valence electrons. The third kappa shape index (κ3) is 4.15. The van der Waals surface area contributed by atoms with Crippen LogP contribution in [0.5, 0.6) is 0 Å². The number of amides is 3. The van der Waals surface area contributed by atoms with Crippen LogP contribution in [-0.2, 0) is 9.59 Å². The minimum absolute atomic E-state index is 0.00335.